The smallest absolute Gasteiger partial charge is 0.434 e. The molecule has 0 saturated carbocycles. The van der Waals surface area contributed by atoms with Crippen molar-refractivity contribution in [3.8, 4) is 15.8 Å². The molecule has 26 heavy (non-hydrogen) atoms. The molecule has 134 valence electrons. The number of ether oxygens (including phenoxy) is 2. The summed E-state index contributed by atoms with van der Waals surface area (Å²) in [4.78, 5) is 24.5. The molecule has 1 N–H and O–H groups in total. The van der Waals surface area contributed by atoms with Gasteiger partial charge in [-0.2, -0.15) is 0 Å². The van der Waals surface area contributed by atoms with Crippen molar-refractivity contribution in [3.63, 3.8) is 0 Å². The van der Waals surface area contributed by atoms with Crippen LogP contribution in [0.15, 0.2) is 36.5 Å². The van der Waals surface area contributed by atoms with Crippen molar-refractivity contribution in [3.05, 3.63) is 47.2 Å². The summed E-state index contributed by atoms with van der Waals surface area (Å²) in [5.41, 5.74) is 2.01. The molecule has 0 saturated heterocycles. The fourth-order valence-electron chi connectivity index (χ4n) is 2.01. The van der Waals surface area contributed by atoms with Gasteiger partial charge < -0.3 is 14.8 Å². The Balaban J connectivity index is 1.79. The van der Waals surface area contributed by atoms with E-state index >= 15 is 0 Å². The van der Waals surface area contributed by atoms with Crippen LogP contribution in [-0.2, 0) is 4.74 Å². The van der Waals surface area contributed by atoms with Crippen LogP contribution in [0.4, 0.5) is 16.4 Å². The predicted octanol–water partition coefficient (Wildman–Crippen LogP) is 4.84. The van der Waals surface area contributed by atoms with Gasteiger partial charge in [-0.05, 0) is 44.2 Å². The van der Waals surface area contributed by atoms with Gasteiger partial charge in [0.15, 0.2) is 0 Å². The first-order chi connectivity index (χ1) is 12.5. The number of aromatic nitrogens is 3. The summed E-state index contributed by atoms with van der Waals surface area (Å²) in [6.45, 7) is 3.71. The van der Waals surface area contributed by atoms with Crippen LogP contribution in [0.1, 0.15) is 12.6 Å². The number of benzene rings is 1. The second kappa shape index (κ2) is 8.11. The molecule has 0 bridgehead atoms. The predicted molar refractivity (Wildman–Crippen MR) is 100 cm³/mol. The molecule has 2 aromatic heterocycles. The lowest BCUT2D eigenvalue weighted by molar-refractivity contribution is 0.105. The molecule has 1 aromatic carbocycles. The number of carbonyl (C=O) groups excluding carboxylic acids is 1. The minimum Gasteiger partial charge on any atom is -0.434 e. The highest BCUT2D eigenvalue weighted by Gasteiger charge is 2.16. The van der Waals surface area contributed by atoms with Crippen LogP contribution in [0.3, 0.4) is 0 Å². The van der Waals surface area contributed by atoms with Crippen LogP contribution in [0.5, 0.6) is 5.06 Å². The van der Waals surface area contributed by atoms with Crippen molar-refractivity contribution >= 4 is 40.7 Å². The molecule has 0 aliphatic heterocycles. The zero-order chi connectivity index (χ0) is 18.5. The Bertz CT molecular complexity index is 915. The van der Waals surface area contributed by atoms with E-state index in [0.717, 1.165) is 5.69 Å². The third-order valence-corrected chi connectivity index (χ3v) is 4.48. The van der Waals surface area contributed by atoms with Gasteiger partial charge in [0.25, 0.3) is 0 Å². The number of carbonyl (C=O) groups is 1. The molecule has 7 nitrogen and oxygen atoms in total. The first-order valence-electron chi connectivity index (χ1n) is 7.73. The Morgan fingerprint density at radius 1 is 1.23 bits per heavy atom. The standard InChI is InChI=1S/C17H15ClN4O3S/c1-3-24-17(23)25-15-10(2)20-14(26-15)13-8-9-19-16(22-13)21-12-6-4-11(18)5-7-12/h4-9H,3H2,1-2H3,(H,19,21,22). The van der Waals surface area contributed by atoms with Crippen molar-refractivity contribution in [2.75, 3.05) is 11.9 Å². The number of halogens is 1. The largest absolute Gasteiger partial charge is 0.514 e. The third-order valence-electron chi connectivity index (χ3n) is 3.17. The molecule has 2 heterocycles. The Morgan fingerprint density at radius 3 is 2.73 bits per heavy atom. The number of anilines is 2. The Hall–Kier alpha value is -2.71. The van der Waals surface area contributed by atoms with Crippen LogP contribution in [-0.4, -0.2) is 27.7 Å². The lowest BCUT2D eigenvalue weighted by atomic mass is 10.3. The van der Waals surface area contributed by atoms with E-state index in [4.69, 9.17) is 21.1 Å². The topological polar surface area (TPSA) is 86.2 Å². The molecular formula is C17H15ClN4O3S. The monoisotopic (exact) mass is 390 g/mol. The van der Waals surface area contributed by atoms with Gasteiger partial charge >= 0.3 is 6.16 Å². The zero-order valence-corrected chi connectivity index (χ0v) is 15.6. The summed E-state index contributed by atoms with van der Waals surface area (Å²) < 4.78 is 9.93. The Labute approximate surface area is 159 Å². The molecule has 0 unspecified atom stereocenters. The van der Waals surface area contributed by atoms with Gasteiger partial charge in [0.2, 0.25) is 11.0 Å². The average Bonchev–Trinajstić information content (AvgIpc) is 2.98. The van der Waals surface area contributed by atoms with E-state index in [-0.39, 0.29) is 6.61 Å². The third kappa shape index (κ3) is 4.47. The number of thiazole rings is 1. The van der Waals surface area contributed by atoms with Crippen molar-refractivity contribution in [1.29, 1.82) is 0 Å². The molecule has 9 heteroatoms. The highest BCUT2D eigenvalue weighted by molar-refractivity contribution is 7.17. The summed E-state index contributed by atoms with van der Waals surface area (Å²) in [5, 5.41) is 4.75. The molecule has 0 spiro atoms. The lowest BCUT2D eigenvalue weighted by Crippen LogP contribution is -2.09. The van der Waals surface area contributed by atoms with E-state index < -0.39 is 6.16 Å². The molecule has 0 aliphatic carbocycles. The molecule has 0 fully saturated rings. The normalized spacial score (nSPS) is 10.4. The van der Waals surface area contributed by atoms with E-state index in [0.29, 0.717) is 32.4 Å². The Morgan fingerprint density at radius 2 is 2.00 bits per heavy atom. The highest BCUT2D eigenvalue weighted by atomic mass is 35.5. The van der Waals surface area contributed by atoms with Crippen LogP contribution in [0, 0.1) is 6.92 Å². The van der Waals surface area contributed by atoms with Gasteiger partial charge in [0, 0.05) is 16.9 Å². The number of hydrogen-bond acceptors (Lipinski definition) is 8. The lowest BCUT2D eigenvalue weighted by Gasteiger charge is -2.05. The number of nitrogens with one attached hydrogen (secondary N) is 1. The summed E-state index contributed by atoms with van der Waals surface area (Å²) in [6, 6.07) is 8.95. The van der Waals surface area contributed by atoms with E-state index in [1.165, 1.54) is 11.3 Å². The van der Waals surface area contributed by atoms with Crippen LogP contribution in [0.2, 0.25) is 5.02 Å². The summed E-state index contributed by atoms with van der Waals surface area (Å²) >= 11 is 7.10. The molecule has 0 amide bonds. The molecule has 0 aliphatic rings. The second-order valence-corrected chi connectivity index (χ2v) is 6.47. The number of nitrogens with zero attached hydrogens (tertiary/aromatic N) is 3. The fourth-order valence-corrected chi connectivity index (χ4v) is 3.02. The van der Waals surface area contributed by atoms with Gasteiger partial charge in [-0.15, -0.1) is 0 Å². The zero-order valence-electron chi connectivity index (χ0n) is 14.0. The molecule has 3 rings (SSSR count). The van der Waals surface area contributed by atoms with Crippen molar-refractivity contribution in [2.24, 2.45) is 0 Å². The minimum absolute atomic E-state index is 0.245. The molecule has 0 radical (unpaired) electrons. The van der Waals surface area contributed by atoms with Crippen LogP contribution in [0.25, 0.3) is 10.7 Å². The van der Waals surface area contributed by atoms with Gasteiger partial charge in [-0.1, -0.05) is 22.9 Å². The number of aryl methyl sites for hydroxylation is 1. The number of hydrogen-bond donors (Lipinski definition) is 1. The maximum Gasteiger partial charge on any atom is 0.514 e. The second-order valence-electron chi connectivity index (χ2n) is 5.07. The Kier molecular flexibility index (Phi) is 5.65. The van der Waals surface area contributed by atoms with Gasteiger partial charge in [0.1, 0.15) is 10.7 Å². The molecular weight excluding hydrogens is 376 g/mol. The summed E-state index contributed by atoms with van der Waals surface area (Å²) in [5.74, 6) is 0.422. The highest BCUT2D eigenvalue weighted by Crippen LogP contribution is 2.33. The maximum absolute atomic E-state index is 11.5. The first-order valence-corrected chi connectivity index (χ1v) is 8.92. The summed E-state index contributed by atoms with van der Waals surface area (Å²) in [6.07, 6.45) is 0.877. The van der Waals surface area contributed by atoms with Crippen molar-refractivity contribution in [1.82, 2.24) is 15.0 Å². The SMILES string of the molecule is CCOC(=O)Oc1sc(-c2ccnc(Nc3ccc(Cl)cc3)n2)nc1C. The maximum atomic E-state index is 11.5. The van der Waals surface area contributed by atoms with Gasteiger partial charge in [-0.3, -0.25) is 0 Å². The number of rotatable bonds is 5. The van der Waals surface area contributed by atoms with Crippen LogP contribution >= 0.6 is 22.9 Å². The van der Waals surface area contributed by atoms with E-state index in [1.807, 2.05) is 12.1 Å². The minimum atomic E-state index is -0.751. The first kappa shape index (κ1) is 18.1. The van der Waals surface area contributed by atoms with E-state index in [2.05, 4.69) is 20.3 Å². The molecule has 0 atom stereocenters. The van der Waals surface area contributed by atoms with Crippen molar-refractivity contribution in [2.45, 2.75) is 13.8 Å². The van der Waals surface area contributed by atoms with E-state index in [9.17, 15) is 4.79 Å². The summed E-state index contributed by atoms with van der Waals surface area (Å²) in [7, 11) is 0. The van der Waals surface area contributed by atoms with Crippen molar-refractivity contribution < 1.29 is 14.3 Å². The van der Waals surface area contributed by atoms with Crippen LogP contribution < -0.4 is 10.1 Å². The van der Waals surface area contributed by atoms with E-state index in [1.54, 1.807) is 38.2 Å². The molecule has 3 aromatic rings. The fraction of sp³-hybridized carbons (Fsp3) is 0.176. The average molecular weight is 391 g/mol. The van der Waals surface area contributed by atoms with Gasteiger partial charge in [0.05, 0.1) is 12.3 Å². The quantitative estimate of drug-likeness (QED) is 0.623. The van der Waals surface area contributed by atoms with Gasteiger partial charge in [-0.25, -0.2) is 19.7 Å².